The molecule has 0 bridgehead atoms. The van der Waals surface area contributed by atoms with Crippen molar-refractivity contribution in [1.82, 2.24) is 0 Å². The van der Waals surface area contributed by atoms with Gasteiger partial charge < -0.3 is 15.1 Å². The summed E-state index contributed by atoms with van der Waals surface area (Å²) in [6.07, 6.45) is 0.939. The van der Waals surface area contributed by atoms with Crippen LogP contribution in [0, 0.1) is 5.21 Å². The van der Waals surface area contributed by atoms with E-state index in [4.69, 9.17) is 15.6 Å². The molecule has 60 valence electrons. The van der Waals surface area contributed by atoms with Gasteiger partial charge in [-0.15, -0.1) is 0 Å². The Hall–Kier alpha value is -1.65. The van der Waals surface area contributed by atoms with E-state index in [0.717, 1.165) is 6.20 Å². The fourth-order valence-electron chi connectivity index (χ4n) is 0.685. The highest BCUT2D eigenvalue weighted by molar-refractivity contribution is 5.41. The average molecular weight is 156 g/mol. The second-order valence-electron chi connectivity index (χ2n) is 1.98. The standard InChI is InChI=1S/C6H8N2O3/c1-11-5-2-6(7)8(10)3-4(5)9/h2-3,9H,7H2,1H3. The molecule has 0 radical (unpaired) electrons. The quantitative estimate of drug-likeness (QED) is 0.428. The van der Waals surface area contributed by atoms with Crippen molar-refractivity contribution in [1.29, 1.82) is 0 Å². The van der Waals surface area contributed by atoms with Crippen molar-refractivity contribution in [2.24, 2.45) is 0 Å². The number of ether oxygens (including phenoxy) is 1. The normalized spacial score (nSPS) is 9.55. The first-order chi connectivity index (χ1) is 5.15. The van der Waals surface area contributed by atoms with Gasteiger partial charge in [0.25, 0.3) is 5.82 Å². The maximum atomic E-state index is 10.7. The molecule has 5 nitrogen and oxygen atoms in total. The van der Waals surface area contributed by atoms with Crippen molar-refractivity contribution in [3.05, 3.63) is 17.5 Å². The summed E-state index contributed by atoms with van der Waals surface area (Å²) in [6, 6.07) is 1.25. The second-order valence-corrected chi connectivity index (χ2v) is 1.98. The average Bonchev–Trinajstić information content (AvgIpc) is 1.97. The molecule has 0 spiro atoms. The molecule has 1 aromatic heterocycles. The maximum Gasteiger partial charge on any atom is 0.279 e. The Balaban J connectivity index is 3.21. The van der Waals surface area contributed by atoms with Crippen LogP contribution in [-0.2, 0) is 0 Å². The molecular weight excluding hydrogens is 148 g/mol. The van der Waals surface area contributed by atoms with Crippen molar-refractivity contribution >= 4 is 5.82 Å². The minimum Gasteiger partial charge on any atom is -0.710 e. The van der Waals surface area contributed by atoms with E-state index in [-0.39, 0.29) is 17.3 Å². The van der Waals surface area contributed by atoms with Crippen molar-refractivity contribution in [3.8, 4) is 11.5 Å². The lowest BCUT2D eigenvalue weighted by molar-refractivity contribution is -0.590. The summed E-state index contributed by atoms with van der Waals surface area (Å²) in [5.41, 5.74) is 5.22. The lowest BCUT2D eigenvalue weighted by atomic mass is 10.4. The molecule has 1 aromatic rings. The largest absolute Gasteiger partial charge is 0.710 e. The Labute approximate surface area is 63.2 Å². The van der Waals surface area contributed by atoms with Crippen molar-refractivity contribution in [2.45, 2.75) is 0 Å². The minimum atomic E-state index is -0.225. The molecule has 0 aliphatic rings. The summed E-state index contributed by atoms with van der Waals surface area (Å²) >= 11 is 0. The van der Waals surface area contributed by atoms with Gasteiger partial charge in [-0.1, -0.05) is 0 Å². The van der Waals surface area contributed by atoms with Gasteiger partial charge in [0, 0.05) is 0 Å². The molecule has 0 saturated heterocycles. The van der Waals surface area contributed by atoms with Gasteiger partial charge >= 0.3 is 0 Å². The number of hydrogen-bond acceptors (Lipinski definition) is 4. The predicted octanol–water partition coefficient (Wildman–Crippen LogP) is -0.384. The molecule has 1 rings (SSSR count). The van der Waals surface area contributed by atoms with Crippen LogP contribution in [0.2, 0.25) is 0 Å². The van der Waals surface area contributed by atoms with E-state index in [1.165, 1.54) is 13.2 Å². The summed E-state index contributed by atoms with van der Waals surface area (Å²) in [5.74, 6) is -0.0500. The Morgan fingerprint density at radius 3 is 2.91 bits per heavy atom. The van der Waals surface area contributed by atoms with Gasteiger partial charge in [-0.25, -0.2) is 4.73 Å². The summed E-state index contributed by atoms with van der Waals surface area (Å²) in [6.45, 7) is 0. The number of hydrogen-bond donors (Lipinski definition) is 2. The van der Waals surface area contributed by atoms with E-state index in [1.54, 1.807) is 0 Å². The van der Waals surface area contributed by atoms with E-state index in [9.17, 15) is 5.21 Å². The molecule has 5 heteroatoms. The third kappa shape index (κ3) is 1.26. The van der Waals surface area contributed by atoms with E-state index >= 15 is 0 Å². The lowest BCUT2D eigenvalue weighted by Gasteiger charge is -2.07. The van der Waals surface area contributed by atoms with E-state index in [2.05, 4.69) is 0 Å². The first kappa shape index (κ1) is 7.46. The summed E-state index contributed by atoms with van der Waals surface area (Å²) < 4.78 is 5.06. The van der Waals surface area contributed by atoms with Gasteiger partial charge in [-0.05, 0) is 0 Å². The van der Waals surface area contributed by atoms with Gasteiger partial charge in [0.05, 0.1) is 13.2 Å². The van der Waals surface area contributed by atoms with Crippen LogP contribution in [0.1, 0.15) is 0 Å². The third-order valence-electron chi connectivity index (χ3n) is 1.25. The van der Waals surface area contributed by atoms with Crippen LogP contribution in [0.15, 0.2) is 12.3 Å². The number of rotatable bonds is 1. The molecule has 1 heterocycles. The molecule has 0 fully saturated rings. The van der Waals surface area contributed by atoms with Crippen LogP contribution >= 0.6 is 0 Å². The number of aromatic nitrogens is 1. The van der Waals surface area contributed by atoms with Gasteiger partial charge in [-0.3, -0.25) is 5.73 Å². The SMILES string of the molecule is COc1cc(N)[n+]([O-])cc1O. The van der Waals surface area contributed by atoms with Gasteiger partial charge in [-0.2, -0.15) is 0 Å². The highest BCUT2D eigenvalue weighted by Gasteiger charge is 2.06. The maximum absolute atomic E-state index is 10.7. The fourth-order valence-corrected chi connectivity index (χ4v) is 0.685. The summed E-state index contributed by atoms with van der Waals surface area (Å²) in [7, 11) is 1.38. The lowest BCUT2D eigenvalue weighted by Crippen LogP contribution is -2.29. The van der Waals surface area contributed by atoms with Crippen LogP contribution in [0.3, 0.4) is 0 Å². The van der Waals surface area contributed by atoms with Crippen molar-refractivity contribution in [2.75, 3.05) is 12.8 Å². The van der Waals surface area contributed by atoms with Crippen LogP contribution in [0.4, 0.5) is 5.82 Å². The Morgan fingerprint density at radius 1 is 1.73 bits per heavy atom. The zero-order valence-electron chi connectivity index (χ0n) is 5.94. The number of nitrogens with zero attached hydrogens (tertiary/aromatic N) is 1. The highest BCUT2D eigenvalue weighted by Crippen LogP contribution is 2.23. The smallest absolute Gasteiger partial charge is 0.279 e. The first-order valence-electron chi connectivity index (χ1n) is 2.91. The molecule has 0 aliphatic heterocycles. The van der Waals surface area contributed by atoms with Crippen LogP contribution in [-0.4, -0.2) is 12.2 Å². The number of nitrogen functional groups attached to an aromatic ring is 1. The topological polar surface area (TPSA) is 82.4 Å². The van der Waals surface area contributed by atoms with Crippen LogP contribution < -0.4 is 15.2 Å². The highest BCUT2D eigenvalue weighted by atomic mass is 16.5. The Morgan fingerprint density at radius 2 is 2.36 bits per heavy atom. The predicted molar refractivity (Wildman–Crippen MR) is 38.0 cm³/mol. The Kier molecular flexibility index (Phi) is 1.72. The monoisotopic (exact) mass is 156 g/mol. The molecule has 0 aromatic carbocycles. The first-order valence-corrected chi connectivity index (χ1v) is 2.91. The number of nitrogens with two attached hydrogens (primary N) is 1. The second kappa shape index (κ2) is 2.53. The summed E-state index contributed by atoms with van der Waals surface area (Å²) in [4.78, 5) is 0. The molecule has 0 atom stereocenters. The zero-order chi connectivity index (χ0) is 8.43. The molecule has 0 amide bonds. The Bertz CT molecular complexity index is 275. The van der Waals surface area contributed by atoms with E-state index in [0.29, 0.717) is 4.73 Å². The van der Waals surface area contributed by atoms with Crippen LogP contribution in [0.5, 0.6) is 11.5 Å². The molecular formula is C6H8N2O3. The molecule has 11 heavy (non-hydrogen) atoms. The third-order valence-corrected chi connectivity index (χ3v) is 1.25. The van der Waals surface area contributed by atoms with Gasteiger partial charge in [0.1, 0.15) is 6.20 Å². The van der Waals surface area contributed by atoms with E-state index < -0.39 is 0 Å². The van der Waals surface area contributed by atoms with Crippen molar-refractivity contribution in [3.63, 3.8) is 0 Å². The minimum absolute atomic E-state index is 0.0142. The van der Waals surface area contributed by atoms with Crippen LogP contribution in [0.25, 0.3) is 0 Å². The number of anilines is 1. The summed E-state index contributed by atoms with van der Waals surface area (Å²) in [5, 5.41) is 19.7. The molecule has 0 unspecified atom stereocenters. The molecule has 3 N–H and O–H groups in total. The van der Waals surface area contributed by atoms with Gasteiger partial charge in [0.2, 0.25) is 0 Å². The van der Waals surface area contributed by atoms with Gasteiger partial charge in [0.15, 0.2) is 11.5 Å². The van der Waals surface area contributed by atoms with Crippen molar-refractivity contribution < 1.29 is 14.6 Å². The fraction of sp³-hybridized carbons (Fsp3) is 0.167. The number of pyridine rings is 1. The molecule has 0 saturated carbocycles. The number of methoxy groups -OCH3 is 1. The van der Waals surface area contributed by atoms with E-state index in [1.807, 2.05) is 0 Å². The molecule has 0 aliphatic carbocycles. The number of aromatic hydroxyl groups is 1. The zero-order valence-corrected chi connectivity index (χ0v) is 5.94.